The van der Waals surface area contributed by atoms with E-state index in [9.17, 15) is 0 Å². The maximum Gasteiger partial charge on any atom is 0.0834 e. The third-order valence-electron chi connectivity index (χ3n) is 2.62. The fourth-order valence-corrected chi connectivity index (χ4v) is 2.15. The molecule has 2 unspecified atom stereocenters. The minimum absolute atomic E-state index is 0.0436. The van der Waals surface area contributed by atoms with Crippen molar-refractivity contribution in [1.82, 2.24) is 9.78 Å². The Morgan fingerprint density at radius 2 is 2.19 bits per heavy atom. The van der Waals surface area contributed by atoms with Crippen LogP contribution in [0.1, 0.15) is 32.5 Å². The highest BCUT2D eigenvalue weighted by atomic mass is 35.5. The number of aryl methyl sites for hydroxylation is 1. The van der Waals surface area contributed by atoms with E-state index in [-0.39, 0.29) is 12.1 Å². The normalized spacial score (nSPS) is 15.4. The maximum atomic E-state index is 6.20. The lowest BCUT2D eigenvalue weighted by molar-refractivity contribution is 0.0105. The highest BCUT2D eigenvalue weighted by Gasteiger charge is 2.27. The van der Waals surface area contributed by atoms with Crippen LogP contribution in [0.4, 0.5) is 0 Å². The van der Waals surface area contributed by atoms with E-state index in [2.05, 4.69) is 18.9 Å². The molecule has 0 saturated heterocycles. The van der Waals surface area contributed by atoms with Gasteiger partial charge in [-0.1, -0.05) is 25.4 Å². The zero-order valence-electron chi connectivity index (χ0n) is 10.3. The average molecular weight is 246 g/mol. The Hall–Kier alpha value is -0.580. The molecule has 0 aliphatic carbocycles. The predicted octanol–water partition coefficient (Wildman–Crippen LogP) is 2.13. The molecule has 1 aromatic heterocycles. The van der Waals surface area contributed by atoms with Crippen molar-refractivity contribution in [1.29, 1.82) is 0 Å². The molecule has 1 rings (SSSR count). The molecule has 0 amide bonds. The predicted molar refractivity (Wildman–Crippen MR) is 65.4 cm³/mol. The molecule has 92 valence electrons. The molecule has 0 aromatic carbocycles. The summed E-state index contributed by atoms with van der Waals surface area (Å²) < 4.78 is 7.38. The lowest BCUT2D eigenvalue weighted by Gasteiger charge is -2.27. The van der Waals surface area contributed by atoms with Crippen LogP contribution in [0.25, 0.3) is 0 Å². The van der Waals surface area contributed by atoms with E-state index in [1.54, 1.807) is 10.9 Å². The fraction of sp³-hybridized carbons (Fsp3) is 0.727. The molecule has 0 fully saturated rings. The summed E-state index contributed by atoms with van der Waals surface area (Å²) in [7, 11) is 1.84. The SMILES string of the molecule is CCOC(C(C)C)C(N)c1c(Cl)cnn1C. The van der Waals surface area contributed by atoms with Crippen molar-refractivity contribution >= 4 is 11.6 Å². The van der Waals surface area contributed by atoms with Gasteiger partial charge in [-0.15, -0.1) is 0 Å². The smallest absolute Gasteiger partial charge is 0.0834 e. The van der Waals surface area contributed by atoms with Gasteiger partial charge in [0.1, 0.15) is 0 Å². The average Bonchev–Trinajstić information content (AvgIpc) is 2.54. The number of rotatable bonds is 5. The number of hydrogen-bond acceptors (Lipinski definition) is 3. The number of halogens is 1. The van der Waals surface area contributed by atoms with E-state index < -0.39 is 0 Å². The first kappa shape index (κ1) is 13.5. The summed E-state index contributed by atoms with van der Waals surface area (Å²) in [6.45, 7) is 6.79. The number of ether oxygens (including phenoxy) is 1. The fourth-order valence-electron chi connectivity index (χ4n) is 1.85. The third kappa shape index (κ3) is 2.75. The van der Waals surface area contributed by atoms with Gasteiger partial charge in [0, 0.05) is 13.7 Å². The number of hydrogen-bond donors (Lipinski definition) is 1. The van der Waals surface area contributed by atoms with Crippen LogP contribution in [0.3, 0.4) is 0 Å². The molecule has 1 heterocycles. The Bertz CT molecular complexity index is 318. The van der Waals surface area contributed by atoms with Gasteiger partial charge in [0.05, 0.1) is 29.1 Å². The van der Waals surface area contributed by atoms with Crippen molar-refractivity contribution < 1.29 is 4.74 Å². The van der Waals surface area contributed by atoms with Crippen LogP contribution in [0.15, 0.2) is 6.20 Å². The summed E-state index contributed by atoms with van der Waals surface area (Å²) >= 11 is 6.07. The second kappa shape index (κ2) is 5.66. The largest absolute Gasteiger partial charge is 0.376 e. The summed E-state index contributed by atoms with van der Waals surface area (Å²) in [6, 6.07) is -0.250. The second-order valence-corrected chi connectivity index (χ2v) is 4.60. The Kier molecular flexibility index (Phi) is 4.77. The summed E-state index contributed by atoms with van der Waals surface area (Å²) in [5, 5.41) is 4.69. The van der Waals surface area contributed by atoms with Gasteiger partial charge in [0.25, 0.3) is 0 Å². The Labute approximate surface area is 102 Å². The topological polar surface area (TPSA) is 53.1 Å². The molecule has 0 saturated carbocycles. The van der Waals surface area contributed by atoms with Crippen molar-refractivity contribution in [3.05, 3.63) is 16.9 Å². The van der Waals surface area contributed by atoms with E-state index in [0.717, 1.165) is 5.69 Å². The highest BCUT2D eigenvalue weighted by molar-refractivity contribution is 6.31. The molecule has 16 heavy (non-hydrogen) atoms. The van der Waals surface area contributed by atoms with Gasteiger partial charge in [-0.25, -0.2) is 0 Å². The molecular weight excluding hydrogens is 226 g/mol. The molecular formula is C11H20ClN3O. The minimum Gasteiger partial charge on any atom is -0.376 e. The standard InChI is InChI=1S/C11H20ClN3O/c1-5-16-11(7(2)3)9(13)10-8(12)6-14-15(10)4/h6-7,9,11H,5,13H2,1-4H3. The van der Waals surface area contributed by atoms with Crippen molar-refractivity contribution in [3.63, 3.8) is 0 Å². The highest BCUT2D eigenvalue weighted by Crippen LogP contribution is 2.27. The van der Waals surface area contributed by atoms with E-state index >= 15 is 0 Å². The van der Waals surface area contributed by atoms with E-state index in [1.165, 1.54) is 0 Å². The monoisotopic (exact) mass is 245 g/mol. The molecule has 0 bridgehead atoms. The lowest BCUT2D eigenvalue weighted by Crippen LogP contribution is -2.34. The Balaban J connectivity index is 2.94. The van der Waals surface area contributed by atoms with Crippen LogP contribution in [0.5, 0.6) is 0 Å². The van der Waals surface area contributed by atoms with Gasteiger partial charge >= 0.3 is 0 Å². The van der Waals surface area contributed by atoms with Crippen molar-refractivity contribution in [2.75, 3.05) is 6.61 Å². The van der Waals surface area contributed by atoms with E-state index in [0.29, 0.717) is 17.5 Å². The lowest BCUT2D eigenvalue weighted by atomic mass is 9.97. The van der Waals surface area contributed by atoms with Gasteiger partial charge < -0.3 is 10.5 Å². The molecule has 0 spiro atoms. The molecule has 2 N–H and O–H groups in total. The molecule has 5 heteroatoms. The summed E-state index contributed by atoms with van der Waals surface area (Å²) in [4.78, 5) is 0. The van der Waals surface area contributed by atoms with Crippen LogP contribution in [-0.2, 0) is 11.8 Å². The third-order valence-corrected chi connectivity index (χ3v) is 2.91. The molecule has 0 aliphatic heterocycles. The van der Waals surface area contributed by atoms with Crippen molar-refractivity contribution in [3.8, 4) is 0 Å². The minimum atomic E-state index is -0.250. The Morgan fingerprint density at radius 1 is 1.56 bits per heavy atom. The number of aromatic nitrogens is 2. The maximum absolute atomic E-state index is 6.20. The van der Waals surface area contributed by atoms with Crippen LogP contribution >= 0.6 is 11.6 Å². The first-order valence-corrected chi connectivity index (χ1v) is 5.91. The second-order valence-electron chi connectivity index (χ2n) is 4.19. The summed E-state index contributed by atoms with van der Waals surface area (Å²) in [6.07, 6.45) is 1.57. The van der Waals surface area contributed by atoms with Crippen LogP contribution < -0.4 is 5.73 Å². The number of nitrogens with zero attached hydrogens (tertiary/aromatic N) is 2. The Morgan fingerprint density at radius 3 is 2.56 bits per heavy atom. The van der Waals surface area contributed by atoms with Crippen LogP contribution in [-0.4, -0.2) is 22.5 Å². The first-order valence-electron chi connectivity index (χ1n) is 5.53. The first-order chi connectivity index (χ1) is 7.49. The van der Waals surface area contributed by atoms with Crippen molar-refractivity contribution in [2.45, 2.75) is 32.9 Å². The van der Waals surface area contributed by atoms with Crippen molar-refractivity contribution in [2.24, 2.45) is 18.7 Å². The number of nitrogens with two attached hydrogens (primary N) is 1. The van der Waals surface area contributed by atoms with Gasteiger partial charge in [-0.3, -0.25) is 4.68 Å². The zero-order valence-corrected chi connectivity index (χ0v) is 11.0. The van der Waals surface area contributed by atoms with E-state index in [1.807, 2.05) is 14.0 Å². The van der Waals surface area contributed by atoms with Gasteiger partial charge in [0.2, 0.25) is 0 Å². The molecule has 4 nitrogen and oxygen atoms in total. The van der Waals surface area contributed by atoms with Crippen LogP contribution in [0.2, 0.25) is 5.02 Å². The van der Waals surface area contributed by atoms with Gasteiger partial charge in [-0.05, 0) is 12.8 Å². The summed E-state index contributed by atoms with van der Waals surface area (Å²) in [5.74, 6) is 0.334. The molecule has 0 aliphatic rings. The summed E-state index contributed by atoms with van der Waals surface area (Å²) in [5.41, 5.74) is 7.03. The molecule has 2 atom stereocenters. The quantitative estimate of drug-likeness (QED) is 0.865. The van der Waals surface area contributed by atoms with Gasteiger partial charge in [0.15, 0.2) is 0 Å². The molecule has 1 aromatic rings. The van der Waals surface area contributed by atoms with Gasteiger partial charge in [-0.2, -0.15) is 5.10 Å². The van der Waals surface area contributed by atoms with Crippen LogP contribution in [0, 0.1) is 5.92 Å². The zero-order chi connectivity index (χ0) is 12.3. The van der Waals surface area contributed by atoms with E-state index in [4.69, 9.17) is 22.1 Å². The molecule has 0 radical (unpaired) electrons.